The van der Waals surface area contributed by atoms with Gasteiger partial charge in [-0.2, -0.15) is 0 Å². The van der Waals surface area contributed by atoms with Crippen LogP contribution < -0.4 is 5.73 Å². The Bertz CT molecular complexity index is 1170. The van der Waals surface area contributed by atoms with Crippen LogP contribution in [-0.4, -0.2) is 26.9 Å². The molecule has 8 heteroatoms. The summed E-state index contributed by atoms with van der Waals surface area (Å²) in [7, 11) is 0. The zero-order chi connectivity index (χ0) is 23.7. The van der Waals surface area contributed by atoms with Crippen LogP contribution in [0.3, 0.4) is 0 Å². The smallest absolute Gasteiger partial charge is 0.188 e. The van der Waals surface area contributed by atoms with Crippen molar-refractivity contribution in [3.8, 4) is 17.0 Å². The first-order chi connectivity index (χ1) is 15.7. The first-order valence-electron chi connectivity index (χ1n) is 10.8. The van der Waals surface area contributed by atoms with Crippen molar-refractivity contribution < 1.29 is 23.1 Å². The second kappa shape index (κ2) is 9.31. The van der Waals surface area contributed by atoms with Gasteiger partial charge in [-0.25, -0.2) is 18.2 Å². The summed E-state index contributed by atoms with van der Waals surface area (Å²) < 4.78 is 43.0. The number of carbonyl (C=O) groups is 1. The van der Waals surface area contributed by atoms with Gasteiger partial charge in [-0.05, 0) is 60.4 Å². The van der Waals surface area contributed by atoms with Gasteiger partial charge in [-0.1, -0.05) is 6.92 Å². The molecule has 1 aliphatic rings. The fourth-order valence-corrected chi connectivity index (χ4v) is 4.73. The number of hydrogen-bond acceptors (Lipinski definition) is 5. The van der Waals surface area contributed by atoms with E-state index in [1.165, 1.54) is 0 Å². The van der Waals surface area contributed by atoms with Crippen molar-refractivity contribution in [2.24, 2.45) is 11.7 Å². The van der Waals surface area contributed by atoms with Gasteiger partial charge in [-0.15, -0.1) is 0 Å². The van der Waals surface area contributed by atoms with Crippen LogP contribution in [0.4, 0.5) is 13.2 Å². The third-order valence-electron chi connectivity index (χ3n) is 6.10. The molecule has 1 aromatic carbocycles. The minimum atomic E-state index is -1.07. The maximum atomic E-state index is 14.5. The highest BCUT2D eigenvalue weighted by molar-refractivity contribution is 5.96. The van der Waals surface area contributed by atoms with Crippen molar-refractivity contribution in [1.29, 1.82) is 0 Å². The third kappa shape index (κ3) is 4.90. The molecule has 0 bridgehead atoms. The fourth-order valence-electron chi connectivity index (χ4n) is 4.73. The van der Waals surface area contributed by atoms with Crippen LogP contribution in [0, 0.1) is 23.4 Å². The molecular weight excluding hydrogens is 431 g/mol. The van der Waals surface area contributed by atoms with Gasteiger partial charge in [0.05, 0.1) is 11.3 Å². The number of hydrogen-bond donors (Lipinski definition) is 2. The minimum Gasteiger partial charge on any atom is -0.508 e. The molecule has 0 unspecified atom stereocenters. The van der Waals surface area contributed by atoms with Crippen molar-refractivity contribution in [3.63, 3.8) is 0 Å². The van der Waals surface area contributed by atoms with Crippen molar-refractivity contribution in [3.05, 3.63) is 77.0 Å². The van der Waals surface area contributed by atoms with Gasteiger partial charge in [-0.3, -0.25) is 9.78 Å². The van der Waals surface area contributed by atoms with E-state index in [0.29, 0.717) is 11.5 Å². The number of halogens is 3. The van der Waals surface area contributed by atoms with Crippen LogP contribution in [0.5, 0.6) is 5.75 Å². The highest BCUT2D eigenvalue weighted by Crippen LogP contribution is 2.37. The first-order valence-corrected chi connectivity index (χ1v) is 10.8. The Balaban J connectivity index is 1.65. The maximum absolute atomic E-state index is 14.5. The number of Topliss-reactive ketones (excluding diaryl/α,β-unsaturated/α-hetero) is 1. The molecule has 3 N–H and O–H groups in total. The van der Waals surface area contributed by atoms with Gasteiger partial charge in [0.15, 0.2) is 11.6 Å². The number of carbonyl (C=O) groups excluding carboxylic acids is 1. The average molecular weight is 455 g/mol. The number of phenols is 1. The first kappa shape index (κ1) is 22.9. The molecule has 2 heterocycles. The van der Waals surface area contributed by atoms with Gasteiger partial charge in [0.1, 0.15) is 23.1 Å². The Labute approximate surface area is 189 Å². The van der Waals surface area contributed by atoms with Gasteiger partial charge >= 0.3 is 0 Å². The Hall–Kier alpha value is -3.26. The van der Waals surface area contributed by atoms with E-state index in [0.717, 1.165) is 49.1 Å². The molecule has 0 radical (unpaired) electrons. The molecule has 1 aliphatic carbocycles. The molecule has 5 nitrogen and oxygen atoms in total. The Morgan fingerprint density at radius 1 is 1.09 bits per heavy atom. The Morgan fingerprint density at radius 3 is 2.52 bits per heavy atom. The van der Waals surface area contributed by atoms with E-state index in [4.69, 9.17) is 5.73 Å². The van der Waals surface area contributed by atoms with Crippen molar-refractivity contribution in [2.75, 3.05) is 0 Å². The molecule has 3 aromatic rings. The molecule has 3 atom stereocenters. The Morgan fingerprint density at radius 2 is 1.82 bits per heavy atom. The number of rotatable bonds is 5. The summed E-state index contributed by atoms with van der Waals surface area (Å²) in [6.07, 6.45) is 5.75. The van der Waals surface area contributed by atoms with Crippen LogP contribution in [0.2, 0.25) is 0 Å². The van der Waals surface area contributed by atoms with Gasteiger partial charge in [0.2, 0.25) is 0 Å². The molecule has 1 fully saturated rings. The van der Waals surface area contributed by atoms with Crippen molar-refractivity contribution >= 4 is 5.78 Å². The van der Waals surface area contributed by atoms with E-state index >= 15 is 0 Å². The normalized spacial score (nSPS) is 20.6. The summed E-state index contributed by atoms with van der Waals surface area (Å²) in [4.78, 5) is 21.1. The van der Waals surface area contributed by atoms with Crippen LogP contribution in [0.25, 0.3) is 11.3 Å². The predicted octanol–water partition coefficient (Wildman–Crippen LogP) is 4.92. The lowest BCUT2D eigenvalue weighted by Gasteiger charge is -2.32. The Kier molecular flexibility index (Phi) is 6.47. The third-order valence-corrected chi connectivity index (χ3v) is 6.10. The van der Waals surface area contributed by atoms with Crippen LogP contribution in [0.15, 0.2) is 42.7 Å². The van der Waals surface area contributed by atoms with Crippen molar-refractivity contribution in [1.82, 2.24) is 9.97 Å². The monoisotopic (exact) mass is 455 g/mol. The number of phenolic OH excluding ortho intramolecular Hbond substituents is 1. The summed E-state index contributed by atoms with van der Waals surface area (Å²) in [6.45, 7) is 2.14. The van der Waals surface area contributed by atoms with E-state index in [-0.39, 0.29) is 24.1 Å². The predicted molar refractivity (Wildman–Crippen MR) is 117 cm³/mol. The molecular formula is C25H24F3N3O2. The van der Waals surface area contributed by atoms with E-state index < -0.39 is 40.2 Å². The lowest BCUT2D eigenvalue weighted by atomic mass is 9.75. The molecule has 4 rings (SSSR count). The molecule has 0 saturated heterocycles. The lowest BCUT2D eigenvalue weighted by molar-refractivity contribution is 0.0983. The fraction of sp³-hybridized carbons (Fsp3) is 0.320. The van der Waals surface area contributed by atoms with E-state index in [2.05, 4.69) is 16.9 Å². The van der Waals surface area contributed by atoms with Crippen molar-refractivity contribution in [2.45, 2.75) is 44.6 Å². The largest absolute Gasteiger partial charge is 0.508 e. The minimum absolute atomic E-state index is 0.0707. The SMILES string of the molecule is C[C@@H]1C[C@H](N)C[C@H](c2ccncc2CC(=O)c2nc(-c3c(F)cc(O)cc3F)ccc2F)C1. The molecule has 2 aromatic heterocycles. The summed E-state index contributed by atoms with van der Waals surface area (Å²) >= 11 is 0. The van der Waals surface area contributed by atoms with Gasteiger partial charge < -0.3 is 10.8 Å². The van der Waals surface area contributed by atoms with E-state index in [1.54, 1.807) is 12.4 Å². The number of pyridine rings is 2. The second-order valence-electron chi connectivity index (χ2n) is 8.76. The molecule has 0 amide bonds. The van der Waals surface area contributed by atoms with Crippen LogP contribution in [-0.2, 0) is 6.42 Å². The molecule has 172 valence electrons. The van der Waals surface area contributed by atoms with E-state index in [9.17, 15) is 23.1 Å². The zero-order valence-corrected chi connectivity index (χ0v) is 18.1. The number of ketones is 1. The summed E-state index contributed by atoms with van der Waals surface area (Å²) in [5.74, 6) is -3.63. The molecule has 0 spiro atoms. The standard InChI is InChI=1S/C25H24F3N3O2/c1-13-6-14(8-16(29)7-13)18-4-5-30-12-15(18)9-23(33)25-19(26)2-3-22(31-25)24-20(27)10-17(32)11-21(24)28/h2-5,10-14,16,32H,6-9,29H2,1H3/t13-,14+,16-/m0/s1. The zero-order valence-electron chi connectivity index (χ0n) is 18.1. The summed E-state index contributed by atoms with van der Waals surface area (Å²) in [5.41, 5.74) is 6.51. The molecule has 1 saturated carbocycles. The highest BCUT2D eigenvalue weighted by Gasteiger charge is 2.28. The van der Waals surface area contributed by atoms with Gasteiger partial charge in [0.25, 0.3) is 0 Å². The van der Waals surface area contributed by atoms with Gasteiger partial charge in [0, 0.05) is 37.0 Å². The van der Waals surface area contributed by atoms with E-state index in [1.807, 2.05) is 6.07 Å². The highest BCUT2D eigenvalue weighted by atomic mass is 19.1. The average Bonchev–Trinajstić information content (AvgIpc) is 2.73. The number of aromatic hydroxyl groups is 1. The number of benzene rings is 1. The number of nitrogens with zero attached hydrogens (tertiary/aromatic N) is 2. The molecule has 0 aliphatic heterocycles. The second-order valence-corrected chi connectivity index (χ2v) is 8.76. The maximum Gasteiger partial charge on any atom is 0.188 e. The number of nitrogens with two attached hydrogens (primary N) is 1. The summed E-state index contributed by atoms with van der Waals surface area (Å²) in [5, 5.41) is 9.35. The topological polar surface area (TPSA) is 89.1 Å². The summed E-state index contributed by atoms with van der Waals surface area (Å²) in [6, 6.07) is 5.42. The number of aromatic nitrogens is 2. The quantitative estimate of drug-likeness (QED) is 0.533. The lowest BCUT2D eigenvalue weighted by Crippen LogP contribution is -2.31. The van der Waals surface area contributed by atoms with Crippen LogP contribution >= 0.6 is 0 Å². The molecule has 33 heavy (non-hydrogen) atoms. The van der Waals surface area contributed by atoms with Crippen LogP contribution in [0.1, 0.15) is 53.7 Å².